The average Bonchev–Trinajstić information content (AvgIpc) is 2.42. The predicted molar refractivity (Wildman–Crippen MR) is 72.1 cm³/mol. The van der Waals surface area contributed by atoms with E-state index in [1.807, 2.05) is 13.0 Å². The highest BCUT2D eigenvalue weighted by atomic mass is 16.4. The van der Waals surface area contributed by atoms with E-state index in [0.29, 0.717) is 12.1 Å². The molecule has 19 heavy (non-hydrogen) atoms. The molecule has 1 aromatic carbocycles. The molecule has 0 spiro atoms. The van der Waals surface area contributed by atoms with Gasteiger partial charge in [-0.3, -0.25) is 4.79 Å². The van der Waals surface area contributed by atoms with Gasteiger partial charge in [0.25, 0.3) is 0 Å². The van der Waals surface area contributed by atoms with Gasteiger partial charge in [-0.2, -0.15) is 4.79 Å². The number of carboxylic acid groups (broad SMARTS) is 1. The number of hydrogen-bond acceptors (Lipinski definition) is 2. The number of benzene rings is 1. The van der Waals surface area contributed by atoms with Crippen molar-refractivity contribution in [1.82, 2.24) is 0 Å². The molecule has 4 nitrogen and oxygen atoms in total. The van der Waals surface area contributed by atoms with Gasteiger partial charge in [-0.15, -0.1) is 0 Å². The van der Waals surface area contributed by atoms with E-state index in [1.54, 1.807) is 24.3 Å². The molecule has 0 radical (unpaired) electrons. The van der Waals surface area contributed by atoms with Crippen molar-refractivity contribution in [3.63, 3.8) is 0 Å². The fourth-order valence-electron chi connectivity index (χ4n) is 2.86. The minimum absolute atomic E-state index is 0.00101. The van der Waals surface area contributed by atoms with Crippen LogP contribution in [0.4, 0.5) is 4.79 Å². The smallest absolute Gasteiger partial charge is 0.435 e. The van der Waals surface area contributed by atoms with Crippen LogP contribution in [0.15, 0.2) is 30.3 Å². The molecule has 1 heterocycles. The van der Waals surface area contributed by atoms with E-state index in [9.17, 15) is 14.7 Å². The van der Waals surface area contributed by atoms with Crippen molar-refractivity contribution >= 4 is 11.9 Å². The summed E-state index contributed by atoms with van der Waals surface area (Å²) in [6.07, 6.45) is 1.91. The molecule has 0 bridgehead atoms. The summed E-state index contributed by atoms with van der Waals surface area (Å²) in [6.45, 7) is 2.54. The Bertz CT molecular complexity index is 472. The van der Waals surface area contributed by atoms with Gasteiger partial charge in [0.1, 0.15) is 0 Å². The molecule has 4 heteroatoms. The van der Waals surface area contributed by atoms with Crippen LogP contribution < -0.4 is 0 Å². The highest BCUT2D eigenvalue weighted by Gasteiger charge is 2.45. The monoisotopic (exact) mass is 262 g/mol. The standard InChI is InChI=1S/C15H19NO3/c1-12-7-5-6-10-16(12,15(18)19)11-14(17)13-8-3-2-4-9-13/h2-4,8-9,12H,5-7,10-11H2,1H3/p+1/t12-,16?/m1/s1. The van der Waals surface area contributed by atoms with Crippen molar-refractivity contribution in [2.24, 2.45) is 0 Å². The number of nitrogens with zero attached hydrogens (tertiary/aromatic N) is 1. The predicted octanol–water partition coefficient (Wildman–Crippen LogP) is 2.94. The Morgan fingerprint density at radius 2 is 1.95 bits per heavy atom. The number of piperidine rings is 1. The highest BCUT2D eigenvalue weighted by molar-refractivity contribution is 5.97. The quantitative estimate of drug-likeness (QED) is 0.673. The number of carbonyl (C=O) groups excluding carboxylic acids is 1. The number of Topliss-reactive ketones (excluding diaryl/α,β-unsaturated/α-hetero) is 1. The Kier molecular flexibility index (Phi) is 4.00. The average molecular weight is 262 g/mol. The highest BCUT2D eigenvalue weighted by Crippen LogP contribution is 2.26. The van der Waals surface area contributed by atoms with Crippen molar-refractivity contribution in [2.75, 3.05) is 13.1 Å². The van der Waals surface area contributed by atoms with Gasteiger partial charge in [0.05, 0.1) is 12.6 Å². The second-order valence-electron chi connectivity index (χ2n) is 5.33. The van der Waals surface area contributed by atoms with E-state index in [0.717, 1.165) is 19.3 Å². The number of likely N-dealkylation sites (tertiary alicyclic amines) is 1. The molecular weight excluding hydrogens is 242 g/mol. The molecule has 0 aliphatic carbocycles. The molecule has 102 valence electrons. The largest absolute Gasteiger partial charge is 0.514 e. The second-order valence-corrected chi connectivity index (χ2v) is 5.33. The Balaban J connectivity index is 2.22. The van der Waals surface area contributed by atoms with Gasteiger partial charge in [0, 0.05) is 5.56 Å². The zero-order valence-electron chi connectivity index (χ0n) is 11.2. The maximum Gasteiger partial charge on any atom is 0.514 e. The topological polar surface area (TPSA) is 54.4 Å². The summed E-state index contributed by atoms with van der Waals surface area (Å²) in [5.41, 5.74) is 0.596. The van der Waals surface area contributed by atoms with E-state index in [2.05, 4.69) is 0 Å². The summed E-state index contributed by atoms with van der Waals surface area (Å²) in [5.74, 6) is -0.0863. The minimum Gasteiger partial charge on any atom is -0.435 e. The lowest BCUT2D eigenvalue weighted by molar-refractivity contribution is -0.877. The van der Waals surface area contributed by atoms with E-state index < -0.39 is 6.09 Å². The van der Waals surface area contributed by atoms with Crippen LogP contribution in [0.5, 0.6) is 0 Å². The second kappa shape index (κ2) is 5.53. The van der Waals surface area contributed by atoms with Crippen LogP contribution in [0, 0.1) is 0 Å². The Morgan fingerprint density at radius 3 is 2.53 bits per heavy atom. The van der Waals surface area contributed by atoms with Gasteiger partial charge < -0.3 is 5.11 Å². The summed E-state index contributed by atoms with van der Waals surface area (Å²) in [5, 5.41) is 9.57. The molecule has 2 rings (SSSR count). The van der Waals surface area contributed by atoms with Crippen molar-refractivity contribution in [3.05, 3.63) is 35.9 Å². The van der Waals surface area contributed by atoms with Crippen LogP contribution >= 0.6 is 0 Å². The van der Waals surface area contributed by atoms with Crippen LogP contribution in [-0.4, -0.2) is 40.6 Å². The van der Waals surface area contributed by atoms with Crippen molar-refractivity contribution in [1.29, 1.82) is 0 Å². The molecule has 1 aliphatic rings. The first-order chi connectivity index (χ1) is 9.06. The maximum atomic E-state index is 12.3. The minimum atomic E-state index is -0.878. The van der Waals surface area contributed by atoms with Gasteiger partial charge in [0.15, 0.2) is 6.54 Å². The lowest BCUT2D eigenvalue weighted by Gasteiger charge is -2.40. The number of quaternary nitrogens is 1. The van der Waals surface area contributed by atoms with E-state index >= 15 is 0 Å². The lowest BCUT2D eigenvalue weighted by atomic mass is 9.98. The maximum absolute atomic E-state index is 12.3. The first kappa shape index (κ1) is 13.7. The first-order valence-electron chi connectivity index (χ1n) is 6.75. The number of carbonyl (C=O) groups is 2. The summed E-state index contributed by atoms with van der Waals surface area (Å²) in [7, 11) is 0. The number of ketones is 1. The number of hydrogen-bond donors (Lipinski definition) is 1. The molecule has 2 atom stereocenters. The fraction of sp³-hybridized carbons (Fsp3) is 0.467. The summed E-state index contributed by atoms with van der Waals surface area (Å²) in [4.78, 5) is 24.0. The molecule has 0 aromatic heterocycles. The molecule has 1 N–H and O–H groups in total. The third kappa shape index (κ3) is 2.68. The van der Waals surface area contributed by atoms with Crippen LogP contribution in [-0.2, 0) is 0 Å². The van der Waals surface area contributed by atoms with Crippen molar-refractivity contribution < 1.29 is 19.2 Å². The van der Waals surface area contributed by atoms with Crippen LogP contribution in [0.25, 0.3) is 0 Å². The van der Waals surface area contributed by atoms with Gasteiger partial charge in [-0.05, 0) is 26.2 Å². The zero-order valence-corrected chi connectivity index (χ0v) is 11.2. The molecule has 1 aliphatic heterocycles. The van der Waals surface area contributed by atoms with Gasteiger partial charge in [-0.1, -0.05) is 30.3 Å². The molecule has 1 amide bonds. The normalized spacial score (nSPS) is 26.9. The third-order valence-electron chi connectivity index (χ3n) is 4.18. The first-order valence-corrected chi connectivity index (χ1v) is 6.75. The van der Waals surface area contributed by atoms with E-state index in [-0.39, 0.29) is 22.9 Å². The summed E-state index contributed by atoms with van der Waals surface area (Å²) < 4.78 is -0.117. The number of rotatable bonds is 3. The molecule has 1 unspecified atom stereocenters. The Hall–Kier alpha value is -1.68. The fourth-order valence-corrected chi connectivity index (χ4v) is 2.86. The van der Waals surface area contributed by atoms with E-state index in [4.69, 9.17) is 0 Å². The van der Waals surface area contributed by atoms with Gasteiger partial charge >= 0.3 is 6.09 Å². The van der Waals surface area contributed by atoms with Crippen LogP contribution in [0.1, 0.15) is 36.5 Å². The lowest BCUT2D eigenvalue weighted by Crippen LogP contribution is -2.62. The van der Waals surface area contributed by atoms with E-state index in [1.165, 1.54) is 0 Å². The molecular formula is C15H20NO3+. The third-order valence-corrected chi connectivity index (χ3v) is 4.18. The van der Waals surface area contributed by atoms with Crippen molar-refractivity contribution in [2.45, 2.75) is 32.2 Å². The Labute approximate surface area is 113 Å². The zero-order chi connectivity index (χ0) is 13.9. The molecule has 1 saturated heterocycles. The molecule has 0 saturated carbocycles. The number of amides is 1. The van der Waals surface area contributed by atoms with Gasteiger partial charge in [-0.25, -0.2) is 4.48 Å². The Morgan fingerprint density at radius 1 is 1.26 bits per heavy atom. The summed E-state index contributed by atoms with van der Waals surface area (Å²) >= 11 is 0. The van der Waals surface area contributed by atoms with Crippen LogP contribution in [0.3, 0.4) is 0 Å². The molecule has 1 aromatic rings. The molecule has 1 fully saturated rings. The van der Waals surface area contributed by atoms with Crippen LogP contribution in [0.2, 0.25) is 0 Å². The SMILES string of the molecule is C[C@@H]1CCCC[N+]1(CC(=O)c1ccccc1)C(=O)O. The summed E-state index contributed by atoms with van der Waals surface area (Å²) in [6, 6.07) is 8.95. The van der Waals surface area contributed by atoms with Crippen molar-refractivity contribution in [3.8, 4) is 0 Å². The van der Waals surface area contributed by atoms with Gasteiger partial charge in [0.2, 0.25) is 5.78 Å².